The van der Waals surface area contributed by atoms with E-state index in [0.29, 0.717) is 0 Å². The van der Waals surface area contributed by atoms with Crippen LogP contribution in [-0.2, 0) is 11.2 Å². The molecule has 1 unspecified atom stereocenters. The molecule has 0 radical (unpaired) electrons. The predicted molar refractivity (Wildman–Crippen MR) is 83.7 cm³/mol. The van der Waals surface area contributed by atoms with Crippen molar-refractivity contribution in [2.75, 3.05) is 14.2 Å². The normalized spacial score (nSPS) is 19.0. The second-order valence-electron chi connectivity index (χ2n) is 5.36. The average Bonchev–Trinajstić information content (AvgIpc) is 2.95. The standard InChI is InChI=1S/C15H23BrN2O2/c1-19-13-6-5-12(16)9-11(13)10-14(18-17)15(20-2)7-3-4-8-15/h5-6,9,14,18H,3-4,7-8,10,17H2,1-2H3. The molecular weight excluding hydrogens is 320 g/mol. The van der Waals surface area contributed by atoms with Gasteiger partial charge in [-0.15, -0.1) is 0 Å². The number of methoxy groups -OCH3 is 2. The first kappa shape index (κ1) is 15.8. The molecule has 0 aliphatic heterocycles. The molecule has 0 bridgehead atoms. The van der Waals surface area contributed by atoms with E-state index in [1.165, 1.54) is 12.8 Å². The van der Waals surface area contributed by atoms with Gasteiger partial charge < -0.3 is 9.47 Å². The van der Waals surface area contributed by atoms with Crippen molar-refractivity contribution in [3.8, 4) is 5.75 Å². The van der Waals surface area contributed by atoms with Gasteiger partial charge in [0.15, 0.2) is 0 Å². The highest BCUT2D eigenvalue weighted by Crippen LogP contribution is 2.37. The molecule has 1 aromatic rings. The van der Waals surface area contributed by atoms with Crippen molar-refractivity contribution in [3.05, 3.63) is 28.2 Å². The Balaban J connectivity index is 2.23. The molecule has 1 aliphatic rings. The number of hydrogen-bond donors (Lipinski definition) is 2. The molecule has 4 nitrogen and oxygen atoms in total. The Bertz CT molecular complexity index is 447. The lowest BCUT2D eigenvalue weighted by Crippen LogP contribution is -2.54. The molecule has 0 heterocycles. The van der Waals surface area contributed by atoms with Crippen molar-refractivity contribution in [3.63, 3.8) is 0 Å². The fourth-order valence-corrected chi connectivity index (χ4v) is 3.60. The number of nitrogens with one attached hydrogen (secondary N) is 1. The van der Waals surface area contributed by atoms with Crippen LogP contribution in [-0.4, -0.2) is 25.9 Å². The second-order valence-corrected chi connectivity index (χ2v) is 6.27. The summed E-state index contributed by atoms with van der Waals surface area (Å²) in [5, 5.41) is 0. The van der Waals surface area contributed by atoms with E-state index in [9.17, 15) is 0 Å². The van der Waals surface area contributed by atoms with Crippen LogP contribution in [0.5, 0.6) is 5.75 Å². The Labute approximate surface area is 129 Å². The summed E-state index contributed by atoms with van der Waals surface area (Å²) in [6.45, 7) is 0. The number of hydrogen-bond acceptors (Lipinski definition) is 4. The topological polar surface area (TPSA) is 56.5 Å². The molecule has 0 saturated heterocycles. The van der Waals surface area contributed by atoms with E-state index < -0.39 is 0 Å². The Kier molecular flexibility index (Phi) is 5.43. The molecule has 5 heteroatoms. The van der Waals surface area contributed by atoms with Crippen LogP contribution < -0.4 is 16.0 Å². The number of halogens is 1. The van der Waals surface area contributed by atoms with Crippen LogP contribution in [0.15, 0.2) is 22.7 Å². The number of nitrogens with two attached hydrogens (primary N) is 1. The van der Waals surface area contributed by atoms with Gasteiger partial charge >= 0.3 is 0 Å². The van der Waals surface area contributed by atoms with Crippen molar-refractivity contribution in [2.24, 2.45) is 5.84 Å². The first-order chi connectivity index (χ1) is 9.65. The first-order valence-electron chi connectivity index (χ1n) is 6.99. The lowest BCUT2D eigenvalue weighted by molar-refractivity contribution is -0.0356. The maximum Gasteiger partial charge on any atom is 0.122 e. The Morgan fingerprint density at radius 1 is 1.35 bits per heavy atom. The van der Waals surface area contributed by atoms with Gasteiger partial charge in [0, 0.05) is 11.6 Å². The first-order valence-corrected chi connectivity index (χ1v) is 7.78. The summed E-state index contributed by atoms with van der Waals surface area (Å²) in [6, 6.07) is 6.12. The summed E-state index contributed by atoms with van der Waals surface area (Å²) < 4.78 is 12.3. The molecule has 0 amide bonds. The van der Waals surface area contributed by atoms with E-state index in [1.807, 2.05) is 12.1 Å². The van der Waals surface area contributed by atoms with E-state index >= 15 is 0 Å². The van der Waals surface area contributed by atoms with E-state index in [2.05, 4.69) is 27.4 Å². The van der Waals surface area contributed by atoms with Gasteiger partial charge in [-0.05, 0) is 43.0 Å². The smallest absolute Gasteiger partial charge is 0.122 e. The maximum absolute atomic E-state index is 5.83. The predicted octanol–water partition coefficient (Wildman–Crippen LogP) is 2.79. The Hall–Kier alpha value is -0.620. The zero-order valence-corrected chi connectivity index (χ0v) is 13.7. The second kappa shape index (κ2) is 6.89. The molecule has 0 aromatic heterocycles. The Morgan fingerprint density at radius 3 is 2.60 bits per heavy atom. The fourth-order valence-electron chi connectivity index (χ4n) is 3.19. The van der Waals surface area contributed by atoms with Crippen LogP contribution in [0.2, 0.25) is 0 Å². The van der Waals surface area contributed by atoms with Crippen LogP contribution in [0.25, 0.3) is 0 Å². The minimum atomic E-state index is -0.165. The molecule has 2 rings (SSSR count). The largest absolute Gasteiger partial charge is 0.496 e. The van der Waals surface area contributed by atoms with E-state index in [-0.39, 0.29) is 11.6 Å². The Morgan fingerprint density at radius 2 is 2.05 bits per heavy atom. The van der Waals surface area contributed by atoms with Crippen LogP contribution in [0, 0.1) is 0 Å². The lowest BCUT2D eigenvalue weighted by atomic mass is 9.87. The summed E-state index contributed by atoms with van der Waals surface area (Å²) in [4.78, 5) is 0. The number of ether oxygens (including phenoxy) is 2. The third-order valence-corrected chi connectivity index (χ3v) is 4.85. The van der Waals surface area contributed by atoms with Crippen molar-refractivity contribution in [2.45, 2.75) is 43.7 Å². The van der Waals surface area contributed by atoms with Crippen LogP contribution in [0.4, 0.5) is 0 Å². The number of hydrazine groups is 1. The molecule has 1 aromatic carbocycles. The summed E-state index contributed by atoms with van der Waals surface area (Å²) in [7, 11) is 3.48. The SMILES string of the molecule is COc1ccc(Br)cc1CC(NN)C1(OC)CCCC1. The quantitative estimate of drug-likeness (QED) is 0.616. The zero-order chi connectivity index (χ0) is 14.6. The van der Waals surface area contributed by atoms with Crippen LogP contribution in [0.3, 0.4) is 0 Å². The van der Waals surface area contributed by atoms with Gasteiger partial charge in [-0.25, -0.2) is 0 Å². The summed E-state index contributed by atoms with van der Waals surface area (Å²) in [5.74, 6) is 6.69. The molecule has 1 saturated carbocycles. The molecule has 1 fully saturated rings. The summed E-state index contributed by atoms with van der Waals surface area (Å²) in [5.41, 5.74) is 3.93. The van der Waals surface area contributed by atoms with Gasteiger partial charge in [0.25, 0.3) is 0 Å². The van der Waals surface area contributed by atoms with Crippen molar-refractivity contribution in [1.82, 2.24) is 5.43 Å². The number of benzene rings is 1. The highest BCUT2D eigenvalue weighted by molar-refractivity contribution is 9.10. The molecule has 0 spiro atoms. The van der Waals surface area contributed by atoms with E-state index in [1.54, 1.807) is 14.2 Å². The minimum Gasteiger partial charge on any atom is -0.496 e. The monoisotopic (exact) mass is 342 g/mol. The molecule has 3 N–H and O–H groups in total. The fraction of sp³-hybridized carbons (Fsp3) is 0.600. The minimum absolute atomic E-state index is 0.0817. The maximum atomic E-state index is 5.83. The van der Waals surface area contributed by atoms with Crippen LogP contribution >= 0.6 is 15.9 Å². The van der Waals surface area contributed by atoms with Gasteiger partial charge in [0.2, 0.25) is 0 Å². The van der Waals surface area contributed by atoms with Gasteiger partial charge in [-0.1, -0.05) is 28.8 Å². The third-order valence-electron chi connectivity index (χ3n) is 4.36. The van der Waals surface area contributed by atoms with E-state index in [0.717, 1.165) is 35.0 Å². The average molecular weight is 343 g/mol. The summed E-state index contributed by atoms with van der Waals surface area (Å²) in [6.07, 6.45) is 5.28. The molecule has 20 heavy (non-hydrogen) atoms. The number of rotatable bonds is 6. The highest BCUT2D eigenvalue weighted by Gasteiger charge is 2.41. The molecule has 112 valence electrons. The van der Waals surface area contributed by atoms with Crippen molar-refractivity contribution < 1.29 is 9.47 Å². The van der Waals surface area contributed by atoms with Crippen molar-refractivity contribution in [1.29, 1.82) is 0 Å². The van der Waals surface area contributed by atoms with Gasteiger partial charge in [0.05, 0.1) is 18.8 Å². The molecular formula is C15H23BrN2O2. The van der Waals surface area contributed by atoms with Crippen molar-refractivity contribution >= 4 is 15.9 Å². The van der Waals surface area contributed by atoms with Gasteiger partial charge in [0.1, 0.15) is 5.75 Å². The molecule has 1 aliphatic carbocycles. The van der Waals surface area contributed by atoms with Gasteiger partial charge in [-0.2, -0.15) is 0 Å². The third kappa shape index (κ3) is 3.17. The van der Waals surface area contributed by atoms with Gasteiger partial charge in [-0.3, -0.25) is 11.3 Å². The summed E-state index contributed by atoms with van der Waals surface area (Å²) >= 11 is 3.51. The van der Waals surface area contributed by atoms with Crippen LogP contribution in [0.1, 0.15) is 31.2 Å². The highest BCUT2D eigenvalue weighted by atomic mass is 79.9. The van der Waals surface area contributed by atoms with E-state index in [4.69, 9.17) is 15.3 Å². The lowest BCUT2D eigenvalue weighted by Gasteiger charge is -2.36. The zero-order valence-electron chi connectivity index (χ0n) is 12.1. The molecule has 1 atom stereocenters.